The van der Waals surface area contributed by atoms with Crippen molar-refractivity contribution in [1.29, 1.82) is 0 Å². The van der Waals surface area contributed by atoms with Crippen LogP contribution in [0.3, 0.4) is 0 Å². The topological polar surface area (TPSA) is 6.48 Å². The van der Waals surface area contributed by atoms with Gasteiger partial charge in [-0.3, -0.25) is 0 Å². The fourth-order valence-corrected chi connectivity index (χ4v) is 15.4. The molecule has 4 aliphatic carbocycles. The number of hydrogen-bond acceptors (Lipinski definition) is 2. The van der Waals surface area contributed by atoms with Crippen LogP contribution in [0.5, 0.6) is 0 Å². The standard InChI is InChI=1S/C33H21BN2.C18H32.C5H12.5C2H6.3CH4/c1-3-8-25-19(6-1)16-23-14-12-21-18-22-13-15-24-17-20-7-2-4-9-26(20)36-28-11-5-10-27-31(28)34(30(22)33(24)36)29(21)32(23)35(25)27;1-16(2,3)18(17(4,5)6)14-8-12-7-13(10-14)11-15(18)9-12;1-5(2,3)4;5*1-2;;;/h1-15H,16-18H2;12-15H,7-11H2,1-6H3;1-4H3;5*1-2H3;3*1H4. The first kappa shape index (κ1) is 62.1. The van der Waals surface area contributed by atoms with Crippen LogP contribution in [0.2, 0.25) is 0 Å². The summed E-state index contributed by atoms with van der Waals surface area (Å²) in [5.41, 5.74) is 23.6. The van der Waals surface area contributed by atoms with Crippen molar-refractivity contribution in [3.63, 3.8) is 0 Å². The van der Waals surface area contributed by atoms with Gasteiger partial charge < -0.3 is 9.80 Å². The van der Waals surface area contributed by atoms with Gasteiger partial charge in [-0.05, 0) is 158 Å². The molecule has 0 saturated heterocycles. The second-order valence-electron chi connectivity index (χ2n) is 23.6. The van der Waals surface area contributed by atoms with E-state index in [1.54, 1.807) is 43.0 Å². The number of para-hydroxylation sites is 2. The normalized spacial score (nSPS) is 19.8. The second kappa shape index (κ2) is 24.4. The highest BCUT2D eigenvalue weighted by molar-refractivity contribution is 7.01. The van der Waals surface area contributed by atoms with Crippen molar-refractivity contribution >= 4 is 57.2 Å². The van der Waals surface area contributed by atoms with Crippen LogP contribution >= 0.6 is 0 Å². The van der Waals surface area contributed by atoms with Crippen LogP contribution in [0, 0.1) is 45.3 Å². The molecule has 4 bridgehead atoms. The fourth-order valence-electron chi connectivity index (χ4n) is 15.4. The van der Waals surface area contributed by atoms with E-state index in [-0.39, 0.29) is 22.3 Å². The molecule has 3 heteroatoms. The van der Waals surface area contributed by atoms with Crippen LogP contribution in [0.15, 0.2) is 91.0 Å². The Bertz CT molecular complexity index is 2360. The zero-order valence-corrected chi connectivity index (χ0v) is 47.6. The highest BCUT2D eigenvalue weighted by atomic mass is 15.2. The third kappa shape index (κ3) is 10.3. The SMILES string of the molecule is C.C.C.CC.CC.CC.CC.CC.CC(C)(C)C.CC(C)(C)C1(C(C)(C)C)C2CC3CC(C2)CC1C3.c1ccc2c(c1)Cc1ccc3c4c1N2c1cccc2c1B4c1c(ccc4c1N2c1ccccc1C4)C3. The van der Waals surface area contributed by atoms with Gasteiger partial charge in [0.1, 0.15) is 0 Å². The lowest BCUT2D eigenvalue weighted by atomic mass is 9.30. The smallest absolute Gasteiger partial charge is 0.252 e. The summed E-state index contributed by atoms with van der Waals surface area (Å²) in [7, 11) is 0. The van der Waals surface area contributed by atoms with Gasteiger partial charge in [0.05, 0.1) is 0 Å². The summed E-state index contributed by atoms with van der Waals surface area (Å²) in [6.07, 6.45) is 10.8. The Kier molecular flexibility index (Phi) is 21.0. The lowest BCUT2D eigenvalue weighted by molar-refractivity contribution is -0.219. The van der Waals surface area contributed by atoms with Crippen molar-refractivity contribution in [3.05, 3.63) is 124 Å². The van der Waals surface area contributed by atoms with Crippen LogP contribution in [-0.4, -0.2) is 6.71 Å². The molecule has 2 nitrogen and oxygen atoms in total. The molecule has 396 valence electrons. The van der Waals surface area contributed by atoms with Crippen molar-refractivity contribution < 1.29 is 0 Å². The molecule has 9 aliphatic rings. The molecule has 4 saturated carbocycles. The molecule has 0 spiro atoms. The monoisotopic (exact) mass is 975 g/mol. The Morgan fingerprint density at radius 1 is 0.375 bits per heavy atom. The average Bonchev–Trinajstić information content (AvgIpc) is 3.33. The summed E-state index contributed by atoms with van der Waals surface area (Å²) >= 11 is 0. The Morgan fingerprint density at radius 3 is 1.03 bits per heavy atom. The maximum Gasteiger partial charge on any atom is 0.252 e. The Labute approximate surface area is 446 Å². The lowest BCUT2D eigenvalue weighted by Crippen LogP contribution is -2.65. The third-order valence-electron chi connectivity index (χ3n) is 16.2. The maximum absolute atomic E-state index is 2.60. The van der Waals surface area contributed by atoms with Gasteiger partial charge >= 0.3 is 0 Å². The van der Waals surface area contributed by atoms with Crippen molar-refractivity contribution in [2.45, 2.75) is 212 Å². The summed E-state index contributed by atoms with van der Waals surface area (Å²) in [5, 5.41) is 0. The number of rotatable bonds is 0. The van der Waals surface area contributed by atoms with Crippen LogP contribution < -0.4 is 26.2 Å². The number of anilines is 6. The molecule has 0 amide bonds. The highest BCUT2D eigenvalue weighted by Gasteiger charge is 2.65. The molecular formula is C69H107BN2. The van der Waals surface area contributed by atoms with Gasteiger partial charge in [-0.15, -0.1) is 0 Å². The van der Waals surface area contributed by atoms with E-state index in [1.807, 2.05) is 69.2 Å². The minimum atomic E-state index is 0. The Hall–Kier alpha value is -4.24. The third-order valence-corrected chi connectivity index (χ3v) is 16.2. The van der Waals surface area contributed by atoms with E-state index in [1.165, 1.54) is 73.0 Å². The first-order chi connectivity index (χ1) is 33.0. The van der Waals surface area contributed by atoms with Crippen LogP contribution in [0.1, 0.15) is 226 Å². The maximum atomic E-state index is 2.60. The predicted molar refractivity (Wildman–Crippen MR) is 329 cm³/mol. The molecule has 5 heterocycles. The van der Waals surface area contributed by atoms with Crippen LogP contribution in [0.25, 0.3) is 0 Å². The molecule has 0 unspecified atom stereocenters. The van der Waals surface area contributed by atoms with Gasteiger partial charge in [-0.25, -0.2) is 0 Å². The van der Waals surface area contributed by atoms with Gasteiger partial charge in [0.25, 0.3) is 6.71 Å². The summed E-state index contributed by atoms with van der Waals surface area (Å²) in [6.45, 7) is 44.2. The quantitative estimate of drug-likeness (QED) is 0.140. The number of hydrogen-bond donors (Lipinski definition) is 0. The van der Waals surface area contributed by atoms with E-state index in [4.69, 9.17) is 0 Å². The Balaban J connectivity index is 0.000000324. The lowest BCUT2D eigenvalue weighted by Gasteiger charge is -2.70. The largest absolute Gasteiger partial charge is 0.311 e. The predicted octanol–water partition coefficient (Wildman–Crippen LogP) is 20.1. The van der Waals surface area contributed by atoms with Crippen molar-refractivity contribution in [2.24, 2.45) is 45.3 Å². The summed E-state index contributed by atoms with van der Waals surface area (Å²) in [5.74, 6) is 4.19. The zero-order chi connectivity index (χ0) is 51.0. The molecule has 0 N–H and O–H groups in total. The number of fused-ring (bicyclic) bond motifs is 6. The minimum Gasteiger partial charge on any atom is -0.311 e. The molecular weight excluding hydrogens is 868 g/mol. The van der Waals surface area contributed by atoms with Crippen molar-refractivity contribution in [3.8, 4) is 0 Å². The molecule has 4 fully saturated rings. The number of nitrogens with zero attached hydrogens (tertiary/aromatic N) is 2. The summed E-state index contributed by atoms with van der Waals surface area (Å²) in [4.78, 5) is 5.19. The second-order valence-corrected chi connectivity index (χ2v) is 23.6. The van der Waals surface area contributed by atoms with Gasteiger partial charge in [-0.1, -0.05) is 227 Å². The minimum absolute atomic E-state index is 0. The Morgan fingerprint density at radius 2 is 0.681 bits per heavy atom. The van der Waals surface area contributed by atoms with E-state index in [9.17, 15) is 0 Å². The van der Waals surface area contributed by atoms with Crippen molar-refractivity contribution in [1.82, 2.24) is 0 Å². The van der Waals surface area contributed by atoms with Crippen LogP contribution in [0.4, 0.5) is 34.1 Å². The molecule has 5 aromatic rings. The van der Waals surface area contributed by atoms with E-state index >= 15 is 0 Å². The summed E-state index contributed by atoms with van der Waals surface area (Å²) in [6, 6.07) is 34.7. The van der Waals surface area contributed by atoms with Gasteiger partial charge in [0.15, 0.2) is 0 Å². The summed E-state index contributed by atoms with van der Waals surface area (Å²) < 4.78 is 0. The number of benzene rings is 5. The van der Waals surface area contributed by atoms with E-state index in [0.717, 1.165) is 42.9 Å². The molecule has 0 atom stereocenters. The van der Waals surface area contributed by atoms with Gasteiger partial charge in [0, 0.05) is 47.0 Å². The molecule has 0 aromatic heterocycles. The molecule has 14 rings (SSSR count). The first-order valence-corrected chi connectivity index (χ1v) is 28.2. The van der Waals surface area contributed by atoms with Crippen molar-refractivity contribution in [2.75, 3.05) is 9.80 Å². The van der Waals surface area contributed by atoms with E-state index < -0.39 is 0 Å². The van der Waals surface area contributed by atoms with Gasteiger partial charge in [0.2, 0.25) is 0 Å². The molecule has 5 aromatic carbocycles. The average molecular weight is 975 g/mol. The van der Waals surface area contributed by atoms with E-state index in [0.29, 0.717) is 28.4 Å². The fraction of sp³-hybridized carbons (Fsp3) is 0.565. The zero-order valence-electron chi connectivity index (χ0n) is 47.6. The van der Waals surface area contributed by atoms with Crippen LogP contribution in [-0.2, 0) is 19.3 Å². The van der Waals surface area contributed by atoms with E-state index in [2.05, 4.69) is 170 Å². The highest BCUT2D eigenvalue weighted by Crippen LogP contribution is 2.73. The molecule has 0 radical (unpaired) electrons. The van der Waals surface area contributed by atoms with Gasteiger partial charge in [-0.2, -0.15) is 0 Å². The molecule has 72 heavy (non-hydrogen) atoms. The molecule has 5 aliphatic heterocycles. The first-order valence-electron chi connectivity index (χ1n) is 28.2.